The van der Waals surface area contributed by atoms with E-state index in [1.54, 1.807) is 5.51 Å². The van der Waals surface area contributed by atoms with E-state index in [-0.39, 0.29) is 11.9 Å². The van der Waals surface area contributed by atoms with Gasteiger partial charge in [-0.25, -0.2) is 4.98 Å². The molecule has 0 aliphatic carbocycles. The number of halogens is 1. The molecule has 1 N–H and O–H groups in total. The molecule has 0 saturated carbocycles. The summed E-state index contributed by atoms with van der Waals surface area (Å²) < 4.78 is 0.732. The number of carbonyl (C=O) groups excluding carboxylic acids is 1. The minimum atomic E-state index is -0.0815. The maximum absolute atomic E-state index is 11.9. The minimum Gasteiger partial charge on any atom is -0.344 e. The summed E-state index contributed by atoms with van der Waals surface area (Å²) in [5, 5.41) is 2.94. The average Bonchev–Trinajstić information content (AvgIpc) is 2.86. The van der Waals surface area contributed by atoms with Crippen LogP contribution < -0.4 is 5.32 Å². The van der Waals surface area contributed by atoms with Gasteiger partial charge in [-0.1, -0.05) is 11.6 Å². The van der Waals surface area contributed by atoms with E-state index in [4.69, 9.17) is 11.6 Å². The molecule has 2 aromatic heterocycles. The van der Waals surface area contributed by atoms with Crippen molar-refractivity contribution in [3.05, 3.63) is 37.4 Å². The molecule has 2 aromatic rings. The summed E-state index contributed by atoms with van der Waals surface area (Å²) in [6, 6.07) is 3.72. The SMILES string of the molecule is Cc1ncsc1C(=O)N[C@H](C)c1ccc(Cl)s1. The Hall–Kier alpha value is -0.910. The molecule has 6 heteroatoms. The lowest BCUT2D eigenvalue weighted by Gasteiger charge is -2.11. The van der Waals surface area contributed by atoms with Gasteiger partial charge in [-0.05, 0) is 26.0 Å². The Labute approximate surface area is 112 Å². The molecule has 1 amide bonds. The third-order valence-electron chi connectivity index (χ3n) is 2.32. The first-order chi connectivity index (χ1) is 8.08. The zero-order chi connectivity index (χ0) is 12.4. The van der Waals surface area contributed by atoms with Crippen LogP contribution in [0.5, 0.6) is 0 Å². The van der Waals surface area contributed by atoms with E-state index in [1.165, 1.54) is 22.7 Å². The number of amides is 1. The highest BCUT2D eigenvalue weighted by molar-refractivity contribution is 7.16. The van der Waals surface area contributed by atoms with Crippen LogP contribution in [0, 0.1) is 6.92 Å². The Morgan fingerprint density at radius 2 is 2.29 bits per heavy atom. The maximum Gasteiger partial charge on any atom is 0.263 e. The fourth-order valence-corrected chi connectivity index (χ4v) is 3.18. The van der Waals surface area contributed by atoms with Crippen LogP contribution >= 0.6 is 34.3 Å². The van der Waals surface area contributed by atoms with Crippen molar-refractivity contribution in [3.63, 3.8) is 0 Å². The van der Waals surface area contributed by atoms with Crippen LogP contribution in [0.2, 0.25) is 4.34 Å². The fraction of sp³-hybridized carbons (Fsp3) is 0.273. The first kappa shape index (κ1) is 12.5. The molecule has 90 valence electrons. The van der Waals surface area contributed by atoms with Gasteiger partial charge in [0.2, 0.25) is 0 Å². The summed E-state index contributed by atoms with van der Waals surface area (Å²) in [5.41, 5.74) is 2.45. The topological polar surface area (TPSA) is 42.0 Å². The van der Waals surface area contributed by atoms with Crippen molar-refractivity contribution in [1.82, 2.24) is 10.3 Å². The molecule has 0 fully saturated rings. The second-order valence-corrected chi connectivity index (χ2v) is 6.21. The lowest BCUT2D eigenvalue weighted by Crippen LogP contribution is -2.25. The molecule has 2 heterocycles. The van der Waals surface area contributed by atoms with Crippen molar-refractivity contribution in [2.45, 2.75) is 19.9 Å². The Balaban J connectivity index is 2.07. The van der Waals surface area contributed by atoms with Crippen molar-refractivity contribution >= 4 is 40.2 Å². The van der Waals surface area contributed by atoms with Crippen LogP contribution in [0.3, 0.4) is 0 Å². The van der Waals surface area contributed by atoms with Gasteiger partial charge >= 0.3 is 0 Å². The maximum atomic E-state index is 11.9. The van der Waals surface area contributed by atoms with E-state index in [1.807, 2.05) is 26.0 Å². The van der Waals surface area contributed by atoms with Crippen molar-refractivity contribution in [2.24, 2.45) is 0 Å². The molecule has 0 aromatic carbocycles. The number of nitrogens with zero attached hydrogens (tertiary/aromatic N) is 1. The van der Waals surface area contributed by atoms with Crippen molar-refractivity contribution < 1.29 is 4.79 Å². The number of thiophene rings is 1. The zero-order valence-electron chi connectivity index (χ0n) is 9.36. The lowest BCUT2D eigenvalue weighted by molar-refractivity contribution is 0.0944. The minimum absolute atomic E-state index is 0.0403. The summed E-state index contributed by atoms with van der Waals surface area (Å²) in [6.45, 7) is 3.77. The molecular formula is C11H11ClN2OS2. The average molecular weight is 287 g/mol. The van der Waals surface area contributed by atoms with Gasteiger partial charge in [0.1, 0.15) is 4.88 Å². The lowest BCUT2D eigenvalue weighted by atomic mass is 10.2. The Kier molecular flexibility index (Phi) is 3.81. The molecule has 2 rings (SSSR count). The van der Waals surface area contributed by atoms with Crippen LogP contribution in [0.4, 0.5) is 0 Å². The van der Waals surface area contributed by atoms with Crippen molar-refractivity contribution in [2.75, 3.05) is 0 Å². The second-order valence-electron chi connectivity index (χ2n) is 3.60. The van der Waals surface area contributed by atoms with Crippen LogP contribution in [-0.2, 0) is 0 Å². The van der Waals surface area contributed by atoms with Gasteiger partial charge in [-0.15, -0.1) is 22.7 Å². The molecule has 0 aliphatic heterocycles. The van der Waals surface area contributed by atoms with Crippen LogP contribution in [0.1, 0.15) is 33.2 Å². The van der Waals surface area contributed by atoms with E-state index in [0.717, 1.165) is 14.9 Å². The smallest absolute Gasteiger partial charge is 0.263 e. The van der Waals surface area contributed by atoms with E-state index in [2.05, 4.69) is 10.3 Å². The highest BCUT2D eigenvalue weighted by Gasteiger charge is 2.16. The third kappa shape index (κ3) is 2.86. The molecule has 0 bridgehead atoms. The predicted octanol–water partition coefficient (Wildman–Crippen LogP) is 3.66. The number of nitrogens with one attached hydrogen (secondary N) is 1. The zero-order valence-corrected chi connectivity index (χ0v) is 11.7. The van der Waals surface area contributed by atoms with Gasteiger partial charge in [-0.2, -0.15) is 0 Å². The molecule has 1 atom stereocenters. The molecule has 0 unspecified atom stereocenters. The molecule has 0 radical (unpaired) electrons. The summed E-state index contributed by atoms with van der Waals surface area (Å²) in [4.78, 5) is 17.7. The number of hydrogen-bond donors (Lipinski definition) is 1. The number of rotatable bonds is 3. The summed E-state index contributed by atoms with van der Waals surface area (Å²) in [5.74, 6) is -0.0815. The van der Waals surface area contributed by atoms with Gasteiger partial charge in [-0.3, -0.25) is 4.79 Å². The third-order valence-corrected chi connectivity index (χ3v) is 4.66. The van der Waals surface area contributed by atoms with Crippen LogP contribution in [0.15, 0.2) is 17.6 Å². The monoisotopic (exact) mass is 286 g/mol. The number of aryl methyl sites for hydroxylation is 1. The van der Waals surface area contributed by atoms with Crippen LogP contribution in [0.25, 0.3) is 0 Å². The molecule has 0 saturated heterocycles. The Morgan fingerprint density at radius 3 is 2.82 bits per heavy atom. The summed E-state index contributed by atoms with van der Waals surface area (Å²) >= 11 is 8.70. The van der Waals surface area contributed by atoms with E-state index in [9.17, 15) is 4.79 Å². The second kappa shape index (κ2) is 5.16. The van der Waals surface area contributed by atoms with Crippen LogP contribution in [-0.4, -0.2) is 10.9 Å². The standard InChI is InChI=1S/C11H11ClN2OS2/c1-6(8-3-4-9(12)17-8)14-11(15)10-7(2)13-5-16-10/h3-6H,1-2H3,(H,14,15)/t6-/m1/s1. The van der Waals surface area contributed by atoms with E-state index < -0.39 is 0 Å². The molecule has 3 nitrogen and oxygen atoms in total. The van der Waals surface area contributed by atoms with Gasteiger partial charge < -0.3 is 5.32 Å². The molecular weight excluding hydrogens is 276 g/mol. The van der Waals surface area contributed by atoms with E-state index in [0.29, 0.717) is 4.88 Å². The van der Waals surface area contributed by atoms with E-state index >= 15 is 0 Å². The highest BCUT2D eigenvalue weighted by atomic mass is 35.5. The summed E-state index contributed by atoms with van der Waals surface area (Å²) in [6.07, 6.45) is 0. The largest absolute Gasteiger partial charge is 0.344 e. The fourth-order valence-electron chi connectivity index (χ4n) is 1.41. The first-order valence-electron chi connectivity index (χ1n) is 5.04. The van der Waals surface area contributed by atoms with Gasteiger partial charge in [0.15, 0.2) is 0 Å². The first-order valence-corrected chi connectivity index (χ1v) is 7.11. The number of carbonyl (C=O) groups is 1. The molecule has 0 aliphatic rings. The molecule has 0 spiro atoms. The number of aromatic nitrogens is 1. The molecule has 17 heavy (non-hydrogen) atoms. The Morgan fingerprint density at radius 1 is 1.53 bits per heavy atom. The van der Waals surface area contributed by atoms with Crippen molar-refractivity contribution in [1.29, 1.82) is 0 Å². The normalized spacial score (nSPS) is 12.4. The van der Waals surface area contributed by atoms with Gasteiger partial charge in [0.25, 0.3) is 5.91 Å². The summed E-state index contributed by atoms with van der Waals surface area (Å²) in [7, 11) is 0. The van der Waals surface area contributed by atoms with Crippen molar-refractivity contribution in [3.8, 4) is 0 Å². The quantitative estimate of drug-likeness (QED) is 0.936. The Bertz CT molecular complexity index is 535. The number of thiazole rings is 1. The number of hydrogen-bond acceptors (Lipinski definition) is 4. The van der Waals surface area contributed by atoms with Gasteiger partial charge in [0.05, 0.1) is 21.6 Å². The van der Waals surface area contributed by atoms with Gasteiger partial charge in [0, 0.05) is 4.88 Å². The highest BCUT2D eigenvalue weighted by Crippen LogP contribution is 2.27. The predicted molar refractivity (Wildman–Crippen MR) is 72.1 cm³/mol.